The van der Waals surface area contributed by atoms with Gasteiger partial charge in [-0.1, -0.05) is 97.3 Å². The number of hydrogen-bond donors (Lipinski definition) is 2. The van der Waals surface area contributed by atoms with E-state index < -0.39 is 4.27 Å². The van der Waals surface area contributed by atoms with Crippen LogP contribution in [0.2, 0.25) is 0 Å². The third kappa shape index (κ3) is 18.8. The van der Waals surface area contributed by atoms with Crippen LogP contribution >= 0.6 is 25.3 Å². The molecule has 0 saturated heterocycles. The first-order valence-corrected chi connectivity index (χ1v) is 11.1. The lowest BCUT2D eigenvalue weighted by Gasteiger charge is -2.23. The van der Waals surface area contributed by atoms with Crippen molar-refractivity contribution in [2.24, 2.45) is 0 Å². The summed E-state index contributed by atoms with van der Waals surface area (Å²) in [6.07, 6.45) is 20.9. The van der Waals surface area contributed by atoms with E-state index in [1.165, 1.54) is 89.9 Å². The molecule has 0 radical (unpaired) electrons. The van der Waals surface area contributed by atoms with Crippen LogP contribution in [0.15, 0.2) is 0 Å². The summed E-state index contributed by atoms with van der Waals surface area (Å²) < 4.78 is 5.32. The molecule has 140 valence electrons. The normalized spacial score (nSPS) is 12.0. The number of rotatable bonds is 18. The molecule has 0 bridgehead atoms. The molecule has 0 saturated carbocycles. The highest BCUT2D eigenvalue weighted by atomic mass is 32.2. The predicted octanol–water partition coefficient (Wildman–Crippen LogP) is 7.80. The molecule has 0 aliphatic rings. The molecule has 0 aromatic heterocycles. The molecule has 23 heavy (non-hydrogen) atoms. The molecule has 0 unspecified atom stereocenters. The van der Waals surface area contributed by atoms with E-state index >= 15 is 0 Å². The molecule has 0 N–H and O–H groups in total. The number of thiol groups is 2. The summed E-state index contributed by atoms with van der Waals surface area (Å²) in [4.78, 5) is 0. The summed E-state index contributed by atoms with van der Waals surface area (Å²) in [5.41, 5.74) is 0. The molecule has 0 amide bonds. The maximum absolute atomic E-state index is 5.85. The van der Waals surface area contributed by atoms with Gasteiger partial charge < -0.3 is 4.74 Å². The number of unbranched alkanes of at least 4 members (excludes halogenated alkanes) is 13. The van der Waals surface area contributed by atoms with E-state index in [9.17, 15) is 0 Å². The lowest BCUT2D eigenvalue weighted by atomic mass is 10.1. The first kappa shape index (κ1) is 23.7. The number of ether oxygens (including phenoxy) is 1. The average Bonchev–Trinajstić information content (AvgIpc) is 2.52. The third-order valence-electron chi connectivity index (χ3n) is 4.44. The van der Waals surface area contributed by atoms with Crippen molar-refractivity contribution < 1.29 is 4.74 Å². The van der Waals surface area contributed by atoms with Crippen molar-refractivity contribution in [1.82, 2.24) is 0 Å². The van der Waals surface area contributed by atoms with Gasteiger partial charge >= 0.3 is 0 Å². The smallest absolute Gasteiger partial charge is 0.154 e. The Kier molecular flexibility index (Phi) is 18.0. The molecule has 1 nitrogen and oxygen atoms in total. The maximum Gasteiger partial charge on any atom is 0.154 e. The molecule has 0 aliphatic carbocycles. The summed E-state index contributed by atoms with van der Waals surface area (Å²) in [5.74, 6) is 0. The topological polar surface area (TPSA) is 9.23 Å². The molecule has 0 spiro atoms. The Morgan fingerprint density at radius 1 is 0.565 bits per heavy atom. The minimum atomic E-state index is -0.523. The molecule has 0 heterocycles. The standard InChI is InChI=1S/C20H42OS2/c1-3-5-7-9-11-13-15-17-19-21-20(22,23)18-16-14-12-10-8-6-4-2/h22-23H,3-19H2,1-2H3. The molecule has 0 rings (SSSR count). The minimum Gasteiger partial charge on any atom is -0.355 e. The van der Waals surface area contributed by atoms with Crippen LogP contribution in [0.4, 0.5) is 0 Å². The van der Waals surface area contributed by atoms with E-state index in [-0.39, 0.29) is 0 Å². The van der Waals surface area contributed by atoms with Gasteiger partial charge in [0.25, 0.3) is 0 Å². The molecule has 0 aliphatic heterocycles. The van der Waals surface area contributed by atoms with E-state index in [2.05, 4.69) is 39.1 Å². The Hall–Kier alpha value is 0.660. The maximum atomic E-state index is 5.85. The van der Waals surface area contributed by atoms with Crippen LogP contribution in [-0.2, 0) is 4.74 Å². The van der Waals surface area contributed by atoms with E-state index in [1.807, 2.05) is 0 Å². The van der Waals surface area contributed by atoms with E-state index in [1.54, 1.807) is 0 Å². The molecular formula is C20H42OS2. The zero-order chi connectivity index (χ0) is 17.2. The summed E-state index contributed by atoms with van der Waals surface area (Å²) >= 11 is 9.14. The van der Waals surface area contributed by atoms with Gasteiger partial charge in [-0.05, 0) is 19.3 Å². The van der Waals surface area contributed by atoms with Gasteiger partial charge in [-0.3, -0.25) is 0 Å². The fraction of sp³-hybridized carbons (Fsp3) is 1.00. The van der Waals surface area contributed by atoms with Crippen LogP contribution in [0, 0.1) is 0 Å². The van der Waals surface area contributed by atoms with Crippen molar-refractivity contribution in [3.8, 4) is 0 Å². The van der Waals surface area contributed by atoms with Crippen molar-refractivity contribution in [3.63, 3.8) is 0 Å². The highest BCUT2D eigenvalue weighted by Gasteiger charge is 2.19. The Balaban J connectivity index is 3.33. The minimum absolute atomic E-state index is 0.523. The van der Waals surface area contributed by atoms with Crippen molar-refractivity contribution >= 4 is 25.3 Å². The summed E-state index contributed by atoms with van der Waals surface area (Å²) in [5, 5.41) is 0. The molecule has 3 heteroatoms. The number of hydrogen-bond acceptors (Lipinski definition) is 3. The first-order valence-electron chi connectivity index (χ1n) is 10.2. The second-order valence-electron chi connectivity index (χ2n) is 6.94. The van der Waals surface area contributed by atoms with Gasteiger partial charge in [-0.25, -0.2) is 0 Å². The van der Waals surface area contributed by atoms with Crippen molar-refractivity contribution in [2.75, 3.05) is 6.61 Å². The third-order valence-corrected chi connectivity index (χ3v) is 5.14. The van der Waals surface area contributed by atoms with E-state index in [4.69, 9.17) is 4.74 Å². The van der Waals surface area contributed by atoms with Gasteiger partial charge in [0.05, 0.1) is 0 Å². The molecule has 0 aromatic carbocycles. The monoisotopic (exact) mass is 362 g/mol. The van der Waals surface area contributed by atoms with Gasteiger partial charge in [0.2, 0.25) is 0 Å². The Morgan fingerprint density at radius 3 is 1.43 bits per heavy atom. The van der Waals surface area contributed by atoms with E-state index in [0.717, 1.165) is 19.4 Å². The van der Waals surface area contributed by atoms with Crippen LogP contribution in [0.25, 0.3) is 0 Å². The average molecular weight is 363 g/mol. The molecule has 0 atom stereocenters. The molecular weight excluding hydrogens is 320 g/mol. The van der Waals surface area contributed by atoms with Crippen molar-refractivity contribution in [3.05, 3.63) is 0 Å². The second-order valence-corrected chi connectivity index (χ2v) is 8.74. The van der Waals surface area contributed by atoms with Crippen LogP contribution in [0.3, 0.4) is 0 Å². The Morgan fingerprint density at radius 2 is 0.957 bits per heavy atom. The fourth-order valence-electron chi connectivity index (χ4n) is 2.86. The van der Waals surface area contributed by atoms with Gasteiger partial charge in [-0.15, -0.1) is 25.3 Å². The SMILES string of the molecule is CCCCCCCCCCOC(S)(S)CCCCCCCCC. The van der Waals surface area contributed by atoms with Crippen molar-refractivity contribution in [1.29, 1.82) is 0 Å². The lowest BCUT2D eigenvalue weighted by molar-refractivity contribution is 0.0811. The van der Waals surface area contributed by atoms with Crippen LogP contribution < -0.4 is 0 Å². The highest BCUT2D eigenvalue weighted by molar-refractivity contribution is 8.00. The van der Waals surface area contributed by atoms with Gasteiger partial charge in [0.1, 0.15) is 0 Å². The quantitative estimate of drug-likeness (QED) is 0.144. The van der Waals surface area contributed by atoms with Crippen LogP contribution in [-0.4, -0.2) is 10.9 Å². The van der Waals surface area contributed by atoms with Gasteiger partial charge in [0, 0.05) is 6.61 Å². The van der Waals surface area contributed by atoms with Crippen LogP contribution in [0.5, 0.6) is 0 Å². The zero-order valence-electron chi connectivity index (χ0n) is 15.8. The summed E-state index contributed by atoms with van der Waals surface area (Å²) in [6, 6.07) is 0. The van der Waals surface area contributed by atoms with Crippen LogP contribution in [0.1, 0.15) is 117 Å². The largest absolute Gasteiger partial charge is 0.355 e. The zero-order valence-corrected chi connectivity index (χ0v) is 17.6. The molecule has 0 fully saturated rings. The van der Waals surface area contributed by atoms with Gasteiger partial charge in [-0.2, -0.15) is 0 Å². The first-order chi connectivity index (χ1) is 11.1. The van der Waals surface area contributed by atoms with E-state index in [0.29, 0.717) is 0 Å². The highest BCUT2D eigenvalue weighted by Crippen LogP contribution is 2.29. The fourth-order valence-corrected chi connectivity index (χ4v) is 3.35. The Labute approximate surface area is 157 Å². The molecule has 0 aromatic rings. The predicted molar refractivity (Wildman–Crippen MR) is 112 cm³/mol. The van der Waals surface area contributed by atoms with Gasteiger partial charge in [0.15, 0.2) is 4.27 Å². The summed E-state index contributed by atoms with van der Waals surface area (Å²) in [6.45, 7) is 5.34. The summed E-state index contributed by atoms with van der Waals surface area (Å²) in [7, 11) is 0. The van der Waals surface area contributed by atoms with Crippen molar-refractivity contribution in [2.45, 2.75) is 121 Å². The second kappa shape index (κ2) is 17.5. The lowest BCUT2D eigenvalue weighted by Crippen LogP contribution is -2.19. The Bertz CT molecular complexity index is 232.